The second kappa shape index (κ2) is 7.62. The Kier molecular flexibility index (Phi) is 6.10. The van der Waals surface area contributed by atoms with Gasteiger partial charge < -0.3 is 19.9 Å². The summed E-state index contributed by atoms with van der Waals surface area (Å²) in [6.45, 7) is 0.0594. The summed E-state index contributed by atoms with van der Waals surface area (Å²) in [4.78, 5) is 11.3. The molecule has 1 rings (SSSR count). The van der Waals surface area contributed by atoms with Crippen molar-refractivity contribution in [2.45, 2.75) is 6.10 Å². The Morgan fingerprint density at radius 2 is 2.11 bits per heavy atom. The van der Waals surface area contributed by atoms with Gasteiger partial charge >= 0.3 is 0 Å². The molecule has 0 heterocycles. The van der Waals surface area contributed by atoms with Gasteiger partial charge in [0.2, 0.25) is 0 Å². The first kappa shape index (κ1) is 14.4. The topological polar surface area (TPSA) is 67.8 Å². The zero-order chi connectivity index (χ0) is 13.4. The molecule has 1 unspecified atom stereocenters. The summed E-state index contributed by atoms with van der Waals surface area (Å²) in [5, 5.41) is 11.8. The van der Waals surface area contributed by atoms with Crippen molar-refractivity contribution in [1.29, 1.82) is 0 Å². The van der Waals surface area contributed by atoms with Crippen molar-refractivity contribution in [3.63, 3.8) is 0 Å². The highest BCUT2D eigenvalue weighted by Gasteiger charge is 2.07. The average molecular weight is 257 g/mol. The van der Waals surface area contributed by atoms with E-state index in [9.17, 15) is 14.3 Å². The first-order chi connectivity index (χ1) is 8.61. The summed E-state index contributed by atoms with van der Waals surface area (Å²) in [5.74, 6) is -0.326. The maximum absolute atomic E-state index is 12.6. The van der Waals surface area contributed by atoms with Crippen molar-refractivity contribution in [2.24, 2.45) is 0 Å². The lowest BCUT2D eigenvalue weighted by Gasteiger charge is -2.11. The number of carbonyl (C=O) groups excluding carboxylic acids is 1. The van der Waals surface area contributed by atoms with Gasteiger partial charge in [0.05, 0.1) is 12.7 Å². The van der Waals surface area contributed by atoms with Crippen LogP contribution in [-0.4, -0.2) is 44.0 Å². The predicted octanol–water partition coefficient (Wildman–Crippen LogP) is 0.328. The summed E-state index contributed by atoms with van der Waals surface area (Å²) in [5.41, 5.74) is 0. The van der Waals surface area contributed by atoms with Gasteiger partial charge in [0.1, 0.15) is 11.6 Å². The summed E-state index contributed by atoms with van der Waals surface area (Å²) >= 11 is 0. The van der Waals surface area contributed by atoms with Crippen LogP contribution < -0.4 is 10.1 Å². The molecule has 0 aromatic heterocycles. The number of rotatable bonds is 7. The van der Waals surface area contributed by atoms with Crippen LogP contribution in [0.1, 0.15) is 0 Å². The van der Waals surface area contributed by atoms with E-state index < -0.39 is 6.10 Å². The van der Waals surface area contributed by atoms with Crippen molar-refractivity contribution < 1.29 is 23.8 Å². The van der Waals surface area contributed by atoms with Crippen LogP contribution in [0.4, 0.5) is 4.39 Å². The van der Waals surface area contributed by atoms with Gasteiger partial charge in [-0.05, 0) is 24.3 Å². The van der Waals surface area contributed by atoms with Crippen LogP contribution in [0.25, 0.3) is 0 Å². The number of aliphatic hydroxyl groups is 1. The molecule has 18 heavy (non-hydrogen) atoms. The first-order valence-corrected chi connectivity index (χ1v) is 5.44. The minimum Gasteiger partial charge on any atom is -0.484 e. The molecule has 0 aliphatic rings. The van der Waals surface area contributed by atoms with Crippen LogP contribution in [0.5, 0.6) is 5.75 Å². The van der Waals surface area contributed by atoms with Crippen LogP contribution >= 0.6 is 0 Å². The third-order valence-electron chi connectivity index (χ3n) is 2.08. The molecule has 5 nitrogen and oxygen atoms in total. The number of halogens is 1. The number of ether oxygens (including phenoxy) is 2. The van der Waals surface area contributed by atoms with E-state index >= 15 is 0 Å². The average Bonchev–Trinajstić information content (AvgIpc) is 2.36. The molecule has 0 aliphatic carbocycles. The number of carbonyl (C=O) groups is 1. The van der Waals surface area contributed by atoms with E-state index in [0.29, 0.717) is 5.75 Å². The molecule has 0 radical (unpaired) electrons. The van der Waals surface area contributed by atoms with Crippen LogP contribution in [0, 0.1) is 5.82 Å². The summed E-state index contributed by atoms with van der Waals surface area (Å²) in [6.07, 6.45) is -0.746. The number of aliphatic hydroxyl groups excluding tert-OH is 1. The number of benzene rings is 1. The molecule has 1 atom stereocenters. The van der Waals surface area contributed by atoms with Crippen LogP contribution in [0.2, 0.25) is 0 Å². The van der Waals surface area contributed by atoms with Gasteiger partial charge in [-0.15, -0.1) is 0 Å². The zero-order valence-electron chi connectivity index (χ0n) is 10.1. The zero-order valence-corrected chi connectivity index (χ0v) is 10.1. The molecular formula is C12H16FNO4. The van der Waals surface area contributed by atoms with Gasteiger partial charge in [0.15, 0.2) is 6.61 Å². The van der Waals surface area contributed by atoms with Crippen molar-refractivity contribution >= 4 is 5.91 Å². The Balaban J connectivity index is 2.22. The largest absolute Gasteiger partial charge is 0.484 e. The monoisotopic (exact) mass is 257 g/mol. The number of methoxy groups -OCH3 is 1. The Labute approximate surface area is 105 Å². The summed E-state index contributed by atoms with van der Waals surface area (Å²) in [6, 6.07) is 5.36. The van der Waals surface area contributed by atoms with Crippen molar-refractivity contribution in [1.82, 2.24) is 5.32 Å². The summed E-state index contributed by atoms with van der Waals surface area (Å²) in [7, 11) is 1.46. The molecule has 0 bridgehead atoms. The van der Waals surface area contributed by atoms with Gasteiger partial charge in [-0.1, -0.05) is 0 Å². The van der Waals surface area contributed by atoms with E-state index in [-0.39, 0.29) is 31.5 Å². The second-order valence-electron chi connectivity index (χ2n) is 3.66. The van der Waals surface area contributed by atoms with E-state index in [4.69, 9.17) is 9.47 Å². The molecule has 1 amide bonds. The van der Waals surface area contributed by atoms with Gasteiger partial charge in [0, 0.05) is 13.7 Å². The molecule has 0 aliphatic heterocycles. The molecule has 100 valence electrons. The van der Waals surface area contributed by atoms with E-state index in [0.717, 1.165) is 0 Å². The van der Waals surface area contributed by atoms with E-state index in [1.54, 1.807) is 0 Å². The van der Waals surface area contributed by atoms with Gasteiger partial charge in [-0.25, -0.2) is 4.39 Å². The predicted molar refractivity (Wildman–Crippen MR) is 62.8 cm³/mol. The third-order valence-corrected chi connectivity index (χ3v) is 2.08. The molecule has 2 N–H and O–H groups in total. The Morgan fingerprint density at radius 3 is 2.72 bits per heavy atom. The van der Waals surface area contributed by atoms with Crippen molar-refractivity contribution in [3.8, 4) is 5.75 Å². The molecule has 1 aromatic carbocycles. The molecular weight excluding hydrogens is 241 g/mol. The van der Waals surface area contributed by atoms with Crippen LogP contribution in [-0.2, 0) is 9.53 Å². The minimum atomic E-state index is -0.746. The lowest BCUT2D eigenvalue weighted by atomic mass is 10.3. The van der Waals surface area contributed by atoms with E-state index in [1.807, 2.05) is 0 Å². The number of hydrogen-bond acceptors (Lipinski definition) is 4. The van der Waals surface area contributed by atoms with Gasteiger partial charge in [-0.2, -0.15) is 0 Å². The van der Waals surface area contributed by atoms with Gasteiger partial charge in [0.25, 0.3) is 5.91 Å². The molecule has 1 aromatic rings. The molecule has 0 saturated carbocycles. The molecule has 0 saturated heterocycles. The standard InChI is InChI=1S/C12H16FNO4/c1-17-7-10(15)6-14-12(16)8-18-11-4-2-9(13)3-5-11/h2-5,10,15H,6-8H2,1H3,(H,14,16). The first-order valence-electron chi connectivity index (χ1n) is 5.44. The van der Waals surface area contributed by atoms with Gasteiger partial charge in [-0.3, -0.25) is 4.79 Å². The fourth-order valence-corrected chi connectivity index (χ4v) is 1.21. The highest BCUT2D eigenvalue weighted by Crippen LogP contribution is 2.10. The lowest BCUT2D eigenvalue weighted by molar-refractivity contribution is -0.123. The lowest BCUT2D eigenvalue weighted by Crippen LogP contribution is -2.36. The number of hydrogen-bond donors (Lipinski definition) is 2. The van der Waals surface area contributed by atoms with Crippen molar-refractivity contribution in [2.75, 3.05) is 26.9 Å². The minimum absolute atomic E-state index is 0.0967. The van der Waals surface area contributed by atoms with Crippen molar-refractivity contribution in [3.05, 3.63) is 30.1 Å². The maximum Gasteiger partial charge on any atom is 0.258 e. The fraction of sp³-hybridized carbons (Fsp3) is 0.417. The number of nitrogens with one attached hydrogen (secondary N) is 1. The summed E-state index contributed by atoms with van der Waals surface area (Å²) < 4.78 is 22.4. The highest BCUT2D eigenvalue weighted by atomic mass is 19.1. The molecule has 0 spiro atoms. The Hall–Kier alpha value is -1.66. The van der Waals surface area contributed by atoms with E-state index in [2.05, 4.69) is 5.32 Å². The number of amides is 1. The Bertz CT molecular complexity index is 369. The molecule has 0 fully saturated rings. The van der Waals surface area contributed by atoms with Crippen LogP contribution in [0.3, 0.4) is 0 Å². The second-order valence-corrected chi connectivity index (χ2v) is 3.66. The fourth-order valence-electron chi connectivity index (χ4n) is 1.21. The molecule has 6 heteroatoms. The maximum atomic E-state index is 12.6. The van der Waals surface area contributed by atoms with Crippen LogP contribution in [0.15, 0.2) is 24.3 Å². The SMILES string of the molecule is COCC(O)CNC(=O)COc1ccc(F)cc1. The smallest absolute Gasteiger partial charge is 0.258 e. The third kappa shape index (κ3) is 5.60. The normalized spacial score (nSPS) is 11.9. The van der Waals surface area contributed by atoms with E-state index in [1.165, 1.54) is 31.4 Å². The highest BCUT2D eigenvalue weighted by molar-refractivity contribution is 5.77. The Morgan fingerprint density at radius 1 is 1.44 bits per heavy atom. The quantitative estimate of drug-likeness (QED) is 0.738.